The lowest BCUT2D eigenvalue weighted by molar-refractivity contribution is -0.142. The van der Waals surface area contributed by atoms with Gasteiger partial charge in [0, 0.05) is 25.7 Å². The van der Waals surface area contributed by atoms with Gasteiger partial charge in [-0.05, 0) is 191 Å². The lowest BCUT2D eigenvalue weighted by atomic mass is 9.97. The Kier molecular flexibility index (Phi) is 50.6. The fraction of sp³-hybridized carbons (Fsp3) is 0.659. The molecule has 0 aliphatic carbocycles. The zero-order valence-corrected chi connectivity index (χ0v) is 78.0. The topological polar surface area (TPSA) is 709 Å². The van der Waals surface area contributed by atoms with Crippen LogP contribution in [-0.4, -0.2) is 255 Å². The first-order valence-corrected chi connectivity index (χ1v) is 45.1. The Morgan fingerprint density at radius 1 is 0.385 bits per heavy atom. The summed E-state index contributed by atoms with van der Waals surface area (Å²) in [7, 11) is -4.36. The van der Waals surface area contributed by atoms with Crippen molar-refractivity contribution >= 4 is 108 Å². The molecule has 14 atom stereocenters. The summed E-state index contributed by atoms with van der Waals surface area (Å²) in [5.41, 5.74) is 21.6. The van der Waals surface area contributed by atoms with Gasteiger partial charge in [-0.25, -0.2) is 9.36 Å². The number of amides is 14. The van der Waals surface area contributed by atoms with Gasteiger partial charge in [0.25, 0.3) is 0 Å². The Morgan fingerprint density at radius 3 is 1.15 bits per heavy atom. The van der Waals surface area contributed by atoms with Gasteiger partial charge in [-0.15, -0.1) is 0 Å². The average molecular weight is 1860 g/mol. The summed E-state index contributed by atoms with van der Waals surface area (Å²) in [6.07, 6.45) is -1.89. The highest BCUT2D eigenvalue weighted by molar-refractivity contribution is 7.49. The summed E-state index contributed by atoms with van der Waals surface area (Å²) >= 11 is 0. The predicted molar refractivity (Wildman–Crippen MR) is 476 cm³/mol. The molecule has 0 spiro atoms. The van der Waals surface area contributed by atoms with Crippen LogP contribution in [0.4, 0.5) is 0 Å². The molecule has 130 heavy (non-hydrogen) atoms. The zero-order chi connectivity index (χ0) is 98.7. The minimum atomic E-state index is -4.36. The number of unbranched alkanes of at least 4 members (excludes halogenated alkanes) is 3. The largest absolute Gasteiger partial charge is 0.531 e. The normalized spacial score (nSPS) is 14.9. The first kappa shape index (κ1) is 115. The van der Waals surface area contributed by atoms with Crippen LogP contribution in [0.3, 0.4) is 0 Å². The number of hydrogen-bond donors (Lipinski definition) is 23. The minimum absolute atomic E-state index is 0.0177. The zero-order valence-electron chi connectivity index (χ0n) is 77.1. The van der Waals surface area contributed by atoms with Crippen LogP contribution < -0.4 is 102 Å². The SMILES string of the molecule is CC[C@H](C)[C@H](NC(=O)[C@H](CCCCN)NC(=O)[C@H](CCC(=O)O)NC(=O)[C@@H](NC(=O)[C@@H](N)CCCCN)C(C)C)C(=O)NCC(=O)N[C@@H](CCC(=O)O)C(=O)NCC(=O)N[C@H](C(=O)N[C@@H](Cc1ccc(OP(=O)(OC(C)(C)C)OC(C)(C)C)cc1)C(=O)NCC(=O)N[C@H](C(=O)N[C@H](C(=O)N[C@@H](Cc1ccc(O)cc1)C(=O)N[C@@H](CCCCN)C(=O)O)C(C)C)C(C)C)[C@@H](C)O. The van der Waals surface area contributed by atoms with E-state index in [-0.39, 0.29) is 68.7 Å². The van der Waals surface area contributed by atoms with Crippen molar-refractivity contribution in [3.8, 4) is 11.5 Å². The number of hydrogen-bond acceptors (Lipinski definition) is 27. The maximum absolute atomic E-state index is 14.5. The van der Waals surface area contributed by atoms with Crippen LogP contribution in [0.2, 0.25) is 0 Å². The molecular formula is C85H141N18O26P. The molecule has 27 N–H and O–H groups in total. The Hall–Kier alpha value is -11.0. The third-order valence-corrected chi connectivity index (χ3v) is 21.9. The van der Waals surface area contributed by atoms with Gasteiger partial charge in [-0.3, -0.25) is 85.8 Å². The monoisotopic (exact) mass is 1860 g/mol. The van der Waals surface area contributed by atoms with Crippen LogP contribution in [0.1, 0.15) is 205 Å². The first-order chi connectivity index (χ1) is 60.7. The van der Waals surface area contributed by atoms with Crippen molar-refractivity contribution in [1.29, 1.82) is 0 Å². The highest BCUT2D eigenvalue weighted by Gasteiger charge is 2.42. The number of carbonyl (C=O) groups is 17. The number of phosphoric acid groups is 1. The van der Waals surface area contributed by atoms with Crippen LogP contribution in [0, 0.1) is 23.7 Å². The molecule has 0 aliphatic heterocycles. The molecule has 2 rings (SSSR count). The Labute approximate surface area is 758 Å². The van der Waals surface area contributed by atoms with Gasteiger partial charge in [0.05, 0.1) is 43.0 Å². The van der Waals surface area contributed by atoms with E-state index in [1.807, 2.05) is 0 Å². The standard InChI is InChI=1S/C85H141N18O26P/c1-16-49(8)70(103-76(117)56(24-18-21-39-87)94-75(116)58(35-37-66(111)112)95-79(120)68(47(4)5)101-72(113)55(89)23-17-20-38-86)78(119)92-43-62(106)93-57(34-36-65(109)110)73(114)90-45-64(108)100-71(50(9)104)82(123)97-60(41-52-28-32-54(33-29-52)127-130(126,128-84(10,11)12)129-85(13,14)15)74(115)91-44-63(107)99-67(46(2)3)81(122)102-69(48(6)7)80(121)98-61(42-51-26-30-53(105)31-27-51)77(118)96-59(83(124)125)25-19-22-40-88/h26-33,46-50,55-61,67-71,104-105H,16-25,34-45,86-89H2,1-15H3,(H,90,114)(H,91,115)(H,92,119)(H,93,106)(H,94,116)(H,95,120)(H,96,118)(H,97,123)(H,98,121)(H,99,107)(H,100,108)(H,101,113)(H,102,122)(H,103,117)(H,109,110)(H,111,112)(H,124,125)/t49-,50+,55-,56-,57-,58-,59-,60-,61-,67-,68-,69-,70-,71-/m0/s1. The number of carboxylic acids is 3. The highest BCUT2D eigenvalue weighted by atomic mass is 31.2. The Bertz CT molecular complexity index is 4110. The number of phosphoric ester groups is 1. The predicted octanol–water partition coefficient (Wildman–Crippen LogP) is -1.10. The third-order valence-electron chi connectivity index (χ3n) is 19.9. The number of benzene rings is 2. The van der Waals surface area contributed by atoms with Crippen molar-refractivity contribution in [2.24, 2.45) is 46.6 Å². The molecule has 0 bridgehead atoms. The molecule has 0 heterocycles. The molecule has 0 fully saturated rings. The van der Waals surface area contributed by atoms with E-state index in [0.717, 1.165) is 6.92 Å². The van der Waals surface area contributed by atoms with Crippen molar-refractivity contribution in [2.45, 2.75) is 296 Å². The number of aliphatic hydroxyl groups excluding tert-OH is 1. The second-order valence-electron chi connectivity index (χ2n) is 34.8. The molecule has 732 valence electrons. The number of nitrogens with two attached hydrogens (primary N) is 4. The molecule has 2 aromatic rings. The van der Waals surface area contributed by atoms with Gasteiger partial charge in [0.1, 0.15) is 78.0 Å². The summed E-state index contributed by atoms with van der Waals surface area (Å²) < 4.78 is 31.4. The molecule has 44 nitrogen and oxygen atoms in total. The molecule has 0 saturated heterocycles. The average Bonchev–Trinajstić information content (AvgIpc) is 0.822. The van der Waals surface area contributed by atoms with Gasteiger partial charge in [-0.1, -0.05) is 92.5 Å². The molecule has 0 aromatic heterocycles. The van der Waals surface area contributed by atoms with Crippen LogP contribution >= 0.6 is 7.82 Å². The quantitative estimate of drug-likeness (QED) is 0.0276. The molecule has 0 radical (unpaired) electrons. The minimum Gasteiger partial charge on any atom is -0.508 e. The fourth-order valence-corrected chi connectivity index (χ4v) is 14.5. The van der Waals surface area contributed by atoms with Crippen molar-refractivity contribution in [3.05, 3.63) is 59.7 Å². The number of carbonyl (C=O) groups excluding carboxylic acids is 14. The summed E-state index contributed by atoms with van der Waals surface area (Å²) in [6, 6.07) is -6.52. The fourth-order valence-electron chi connectivity index (χ4n) is 12.6. The van der Waals surface area contributed by atoms with Gasteiger partial charge >= 0.3 is 25.7 Å². The van der Waals surface area contributed by atoms with E-state index in [4.69, 9.17) is 36.5 Å². The van der Waals surface area contributed by atoms with Gasteiger partial charge in [0.15, 0.2) is 0 Å². The van der Waals surface area contributed by atoms with Crippen molar-refractivity contribution < 1.29 is 125 Å². The number of aliphatic carboxylic acids is 3. The molecule has 0 unspecified atom stereocenters. The van der Waals surface area contributed by atoms with E-state index >= 15 is 0 Å². The molecule has 0 aliphatic rings. The Balaban J connectivity index is 2.48. The summed E-state index contributed by atoms with van der Waals surface area (Å²) in [5.74, 6) is -20.6. The Morgan fingerprint density at radius 2 is 0.715 bits per heavy atom. The van der Waals surface area contributed by atoms with E-state index in [2.05, 4.69) is 74.4 Å². The summed E-state index contributed by atoms with van der Waals surface area (Å²) in [6.45, 7) is 21.6. The van der Waals surface area contributed by atoms with Crippen molar-refractivity contribution in [1.82, 2.24) is 74.4 Å². The number of carboxylic acid groups (broad SMARTS) is 3. The summed E-state index contributed by atoms with van der Waals surface area (Å²) in [5, 5.41) is 84.7. The molecule has 0 saturated carbocycles. The van der Waals surface area contributed by atoms with Gasteiger partial charge < -0.3 is 127 Å². The van der Waals surface area contributed by atoms with Crippen LogP contribution in [0.15, 0.2) is 48.5 Å². The second kappa shape index (κ2) is 57.2. The van der Waals surface area contributed by atoms with Gasteiger partial charge in [-0.2, -0.15) is 0 Å². The van der Waals surface area contributed by atoms with Crippen molar-refractivity contribution in [2.75, 3.05) is 39.3 Å². The maximum atomic E-state index is 14.5. The van der Waals surface area contributed by atoms with Crippen LogP contribution in [-0.2, 0) is 108 Å². The molecule has 45 heteroatoms. The van der Waals surface area contributed by atoms with E-state index in [1.165, 1.54) is 48.5 Å². The molecular weight excluding hydrogens is 1720 g/mol. The van der Waals surface area contributed by atoms with Crippen LogP contribution in [0.5, 0.6) is 11.5 Å². The van der Waals surface area contributed by atoms with E-state index in [0.29, 0.717) is 44.2 Å². The maximum Gasteiger partial charge on any atom is 0.531 e. The smallest absolute Gasteiger partial charge is 0.508 e. The molecule has 2 aromatic carbocycles. The van der Waals surface area contributed by atoms with E-state index < -0.39 is 274 Å². The molecule has 14 amide bonds. The number of aromatic hydroxyl groups is 1. The second-order valence-corrected chi connectivity index (χ2v) is 36.3. The number of phenolic OH excluding ortho intramolecular Hbond substituents is 1. The highest BCUT2D eigenvalue weighted by Crippen LogP contribution is 2.55. The first-order valence-electron chi connectivity index (χ1n) is 43.6. The number of nitrogens with one attached hydrogen (secondary N) is 14. The van der Waals surface area contributed by atoms with Crippen LogP contribution in [0.25, 0.3) is 0 Å². The van der Waals surface area contributed by atoms with E-state index in [9.17, 15) is 112 Å². The van der Waals surface area contributed by atoms with Crippen molar-refractivity contribution in [3.63, 3.8) is 0 Å². The number of rotatable bonds is 61. The van der Waals surface area contributed by atoms with Gasteiger partial charge in [0.2, 0.25) is 82.7 Å². The number of phenols is 1. The summed E-state index contributed by atoms with van der Waals surface area (Å²) in [4.78, 5) is 232. The number of aliphatic hydroxyl groups is 1. The lowest BCUT2D eigenvalue weighted by Crippen LogP contribution is -2.60. The van der Waals surface area contributed by atoms with E-state index in [1.54, 1.807) is 96.9 Å². The lowest BCUT2D eigenvalue weighted by Gasteiger charge is -2.30. The third kappa shape index (κ3) is 44.5.